The highest BCUT2D eigenvalue weighted by molar-refractivity contribution is 9.10. The SMILES string of the molecule is CC(NC(=O)c1cccc(NCC(=O)Nc2ccc(Br)cc2)c1)c1ccccc1. The van der Waals surface area contributed by atoms with E-state index in [2.05, 4.69) is 31.9 Å². The molecule has 3 N–H and O–H groups in total. The number of halogens is 1. The summed E-state index contributed by atoms with van der Waals surface area (Å²) < 4.78 is 0.949. The van der Waals surface area contributed by atoms with Gasteiger partial charge in [0.25, 0.3) is 5.91 Å². The lowest BCUT2D eigenvalue weighted by Gasteiger charge is -2.15. The highest BCUT2D eigenvalue weighted by Gasteiger charge is 2.12. The van der Waals surface area contributed by atoms with E-state index in [0.717, 1.165) is 15.7 Å². The topological polar surface area (TPSA) is 70.2 Å². The fourth-order valence-corrected chi connectivity index (χ4v) is 3.06. The number of carbonyl (C=O) groups excluding carboxylic acids is 2. The number of hydrogen-bond donors (Lipinski definition) is 3. The Balaban J connectivity index is 1.55. The van der Waals surface area contributed by atoms with Crippen LogP contribution in [0.5, 0.6) is 0 Å². The predicted octanol–water partition coefficient (Wildman–Crippen LogP) is 4.99. The number of nitrogens with one attached hydrogen (secondary N) is 3. The average Bonchev–Trinajstić information content (AvgIpc) is 2.74. The Kier molecular flexibility index (Phi) is 7.03. The van der Waals surface area contributed by atoms with Gasteiger partial charge < -0.3 is 16.0 Å². The van der Waals surface area contributed by atoms with Crippen LogP contribution in [0, 0.1) is 0 Å². The summed E-state index contributed by atoms with van der Waals surface area (Å²) >= 11 is 3.36. The predicted molar refractivity (Wildman–Crippen MR) is 120 cm³/mol. The maximum Gasteiger partial charge on any atom is 0.251 e. The third kappa shape index (κ3) is 6.19. The van der Waals surface area contributed by atoms with Crippen molar-refractivity contribution < 1.29 is 9.59 Å². The molecule has 0 aromatic heterocycles. The van der Waals surface area contributed by atoms with Gasteiger partial charge >= 0.3 is 0 Å². The fourth-order valence-electron chi connectivity index (χ4n) is 2.80. The molecule has 0 bridgehead atoms. The molecule has 0 aliphatic carbocycles. The van der Waals surface area contributed by atoms with E-state index in [-0.39, 0.29) is 24.4 Å². The molecule has 2 amide bonds. The van der Waals surface area contributed by atoms with E-state index in [9.17, 15) is 9.59 Å². The summed E-state index contributed by atoms with van der Waals surface area (Å²) in [5.41, 5.74) is 3.00. The van der Waals surface area contributed by atoms with Crippen LogP contribution in [0.15, 0.2) is 83.3 Å². The summed E-state index contributed by atoms with van der Waals surface area (Å²) in [6.45, 7) is 2.04. The largest absolute Gasteiger partial charge is 0.376 e. The zero-order valence-corrected chi connectivity index (χ0v) is 17.6. The van der Waals surface area contributed by atoms with Gasteiger partial charge in [-0.3, -0.25) is 9.59 Å². The van der Waals surface area contributed by atoms with Crippen molar-refractivity contribution >= 4 is 39.1 Å². The number of anilines is 2. The standard InChI is InChI=1S/C23H22BrN3O2/c1-16(17-6-3-2-4-7-17)26-23(29)18-8-5-9-21(14-18)25-15-22(28)27-20-12-10-19(24)11-13-20/h2-14,16,25H,15H2,1H3,(H,26,29)(H,27,28). The molecule has 6 heteroatoms. The van der Waals surface area contributed by atoms with Crippen molar-refractivity contribution in [3.8, 4) is 0 Å². The summed E-state index contributed by atoms with van der Waals surface area (Å²) in [6, 6.07) is 24.2. The molecular formula is C23H22BrN3O2. The molecule has 0 aliphatic heterocycles. The van der Waals surface area contributed by atoms with Crippen LogP contribution in [0.1, 0.15) is 28.9 Å². The Morgan fingerprint density at radius 2 is 1.62 bits per heavy atom. The van der Waals surface area contributed by atoms with Gasteiger partial charge in [-0.05, 0) is 55.0 Å². The highest BCUT2D eigenvalue weighted by Crippen LogP contribution is 2.16. The van der Waals surface area contributed by atoms with E-state index in [1.54, 1.807) is 18.2 Å². The third-order valence-electron chi connectivity index (χ3n) is 4.35. The van der Waals surface area contributed by atoms with E-state index < -0.39 is 0 Å². The second-order valence-electron chi connectivity index (χ2n) is 6.60. The normalized spacial score (nSPS) is 11.4. The molecule has 0 saturated heterocycles. The van der Waals surface area contributed by atoms with Gasteiger partial charge in [0.1, 0.15) is 0 Å². The molecule has 5 nitrogen and oxygen atoms in total. The summed E-state index contributed by atoms with van der Waals surface area (Å²) in [5.74, 6) is -0.329. The van der Waals surface area contributed by atoms with Crippen molar-refractivity contribution in [1.29, 1.82) is 0 Å². The van der Waals surface area contributed by atoms with Crippen LogP contribution in [-0.2, 0) is 4.79 Å². The Morgan fingerprint density at radius 1 is 0.897 bits per heavy atom. The minimum Gasteiger partial charge on any atom is -0.376 e. The van der Waals surface area contributed by atoms with Gasteiger partial charge in [0.2, 0.25) is 5.91 Å². The van der Waals surface area contributed by atoms with Crippen LogP contribution in [0.2, 0.25) is 0 Å². The first kappa shape index (κ1) is 20.6. The summed E-state index contributed by atoms with van der Waals surface area (Å²) in [6.07, 6.45) is 0. The lowest BCUT2D eigenvalue weighted by atomic mass is 10.1. The maximum absolute atomic E-state index is 12.6. The molecule has 1 atom stereocenters. The number of benzene rings is 3. The third-order valence-corrected chi connectivity index (χ3v) is 4.88. The Bertz CT molecular complexity index is 975. The summed E-state index contributed by atoms with van der Waals surface area (Å²) in [4.78, 5) is 24.7. The fraction of sp³-hybridized carbons (Fsp3) is 0.130. The van der Waals surface area contributed by atoms with Crippen molar-refractivity contribution in [1.82, 2.24) is 5.32 Å². The van der Waals surface area contributed by atoms with Crippen LogP contribution in [0.25, 0.3) is 0 Å². The van der Waals surface area contributed by atoms with Crippen LogP contribution in [-0.4, -0.2) is 18.4 Å². The van der Waals surface area contributed by atoms with Gasteiger partial charge in [-0.15, -0.1) is 0 Å². The van der Waals surface area contributed by atoms with Gasteiger partial charge in [-0.1, -0.05) is 52.3 Å². The van der Waals surface area contributed by atoms with Crippen LogP contribution < -0.4 is 16.0 Å². The van der Waals surface area contributed by atoms with Crippen LogP contribution in [0.4, 0.5) is 11.4 Å². The Hall–Kier alpha value is -3.12. The Labute approximate surface area is 178 Å². The lowest BCUT2D eigenvalue weighted by Crippen LogP contribution is -2.26. The molecule has 3 rings (SSSR count). The van der Waals surface area contributed by atoms with Gasteiger partial charge in [-0.2, -0.15) is 0 Å². The van der Waals surface area contributed by atoms with Gasteiger partial charge in [0.05, 0.1) is 12.6 Å². The van der Waals surface area contributed by atoms with E-state index in [4.69, 9.17) is 0 Å². The minimum absolute atomic E-state index is 0.0988. The smallest absolute Gasteiger partial charge is 0.251 e. The average molecular weight is 452 g/mol. The van der Waals surface area contributed by atoms with E-state index >= 15 is 0 Å². The minimum atomic E-state index is -0.167. The lowest BCUT2D eigenvalue weighted by molar-refractivity contribution is -0.114. The second-order valence-corrected chi connectivity index (χ2v) is 7.51. The van der Waals surface area contributed by atoms with Crippen molar-refractivity contribution in [2.75, 3.05) is 17.2 Å². The summed E-state index contributed by atoms with van der Waals surface area (Å²) in [5, 5.41) is 8.87. The molecule has 148 valence electrons. The van der Waals surface area contributed by atoms with Crippen molar-refractivity contribution in [3.05, 3.63) is 94.5 Å². The first-order valence-electron chi connectivity index (χ1n) is 9.26. The number of amides is 2. The van der Waals surface area contributed by atoms with Gasteiger partial charge in [0.15, 0.2) is 0 Å². The van der Waals surface area contributed by atoms with E-state index in [1.165, 1.54) is 0 Å². The van der Waals surface area contributed by atoms with E-state index in [1.807, 2.05) is 67.6 Å². The zero-order valence-electron chi connectivity index (χ0n) is 16.0. The molecule has 0 aliphatic rings. The summed E-state index contributed by atoms with van der Waals surface area (Å²) in [7, 11) is 0. The molecule has 29 heavy (non-hydrogen) atoms. The quantitative estimate of drug-likeness (QED) is 0.473. The van der Waals surface area contributed by atoms with Crippen molar-refractivity contribution in [2.45, 2.75) is 13.0 Å². The first-order chi connectivity index (χ1) is 14.0. The first-order valence-corrected chi connectivity index (χ1v) is 10.1. The van der Waals surface area contributed by atoms with E-state index in [0.29, 0.717) is 11.3 Å². The number of hydrogen-bond acceptors (Lipinski definition) is 3. The Morgan fingerprint density at radius 3 is 2.34 bits per heavy atom. The van der Waals surface area contributed by atoms with Gasteiger partial charge in [0, 0.05) is 21.4 Å². The molecule has 1 unspecified atom stereocenters. The van der Waals surface area contributed by atoms with Crippen molar-refractivity contribution in [2.24, 2.45) is 0 Å². The maximum atomic E-state index is 12.6. The molecule has 3 aromatic rings. The number of carbonyl (C=O) groups is 2. The zero-order chi connectivity index (χ0) is 20.6. The molecule has 3 aromatic carbocycles. The molecular weight excluding hydrogens is 430 g/mol. The molecule has 0 spiro atoms. The van der Waals surface area contributed by atoms with Gasteiger partial charge in [-0.25, -0.2) is 0 Å². The van der Waals surface area contributed by atoms with Crippen LogP contribution in [0.3, 0.4) is 0 Å². The van der Waals surface area contributed by atoms with Crippen LogP contribution >= 0.6 is 15.9 Å². The molecule has 0 saturated carbocycles. The van der Waals surface area contributed by atoms with Crippen molar-refractivity contribution in [3.63, 3.8) is 0 Å². The number of rotatable bonds is 7. The second kappa shape index (κ2) is 9.89. The monoisotopic (exact) mass is 451 g/mol. The molecule has 0 fully saturated rings. The highest BCUT2D eigenvalue weighted by atomic mass is 79.9. The molecule has 0 heterocycles. The molecule has 0 radical (unpaired) electrons.